The molecule has 0 amide bonds. The van der Waals surface area contributed by atoms with Crippen LogP contribution in [0.15, 0.2) is 46.3 Å². The summed E-state index contributed by atoms with van der Waals surface area (Å²) in [6.45, 7) is 2.77. The average Bonchev–Trinajstić information content (AvgIpc) is 2.61. The molecule has 0 saturated heterocycles. The topological polar surface area (TPSA) is 45.6 Å². The second-order valence-electron chi connectivity index (χ2n) is 5.76. The first-order chi connectivity index (χ1) is 12.4. The van der Waals surface area contributed by atoms with Gasteiger partial charge in [0, 0.05) is 15.5 Å². The molecule has 2 N–H and O–H groups in total. The zero-order valence-corrected chi connectivity index (χ0v) is 15.1. The van der Waals surface area contributed by atoms with Crippen LogP contribution < -0.4 is 10.0 Å². The number of aryl methyl sites for hydroxylation is 1. The summed E-state index contributed by atoms with van der Waals surface area (Å²) in [7, 11) is 1.60. The van der Waals surface area contributed by atoms with Crippen molar-refractivity contribution in [2.45, 2.75) is 18.0 Å². The highest BCUT2D eigenvalue weighted by molar-refractivity contribution is 7.98. The summed E-state index contributed by atoms with van der Waals surface area (Å²) in [6, 6.07) is 9.35. The predicted octanol–water partition coefficient (Wildman–Crippen LogP) is 5.20. The molecule has 0 fully saturated rings. The van der Waals surface area contributed by atoms with Gasteiger partial charge in [-0.2, -0.15) is 13.2 Å². The fourth-order valence-corrected chi connectivity index (χ4v) is 3.36. The summed E-state index contributed by atoms with van der Waals surface area (Å²) in [5.41, 5.74) is 2.11. The van der Waals surface area contributed by atoms with Gasteiger partial charge in [0.25, 0.3) is 0 Å². The Kier molecular flexibility index (Phi) is 5.43. The van der Waals surface area contributed by atoms with Crippen LogP contribution in [0, 0.1) is 6.92 Å². The first kappa shape index (κ1) is 18.6. The SMILES string of the molecule is COCCN=C1NSc2cccc(-c3cc(C(F)(F)F)ccc3C)c2N1.[HH].[HH]. The number of nitrogens with zero attached hydrogens (tertiary/aromatic N) is 1. The van der Waals surface area contributed by atoms with Crippen LogP contribution in [0.3, 0.4) is 0 Å². The van der Waals surface area contributed by atoms with Crippen molar-refractivity contribution in [1.82, 2.24) is 4.72 Å². The minimum Gasteiger partial charge on any atom is -0.383 e. The first-order valence-corrected chi connectivity index (χ1v) is 8.76. The maximum atomic E-state index is 13.1. The molecule has 0 unspecified atom stereocenters. The zero-order valence-electron chi connectivity index (χ0n) is 14.3. The van der Waals surface area contributed by atoms with E-state index in [-0.39, 0.29) is 2.85 Å². The highest BCUT2D eigenvalue weighted by atomic mass is 32.2. The lowest BCUT2D eigenvalue weighted by Gasteiger charge is -2.24. The highest BCUT2D eigenvalue weighted by Gasteiger charge is 2.31. The molecular formula is C18H22F3N3OS. The Hall–Kier alpha value is -2.19. The Morgan fingerprint density at radius 2 is 2.00 bits per heavy atom. The molecule has 0 aliphatic carbocycles. The number of aliphatic imine (C=N–C) groups is 1. The van der Waals surface area contributed by atoms with Gasteiger partial charge >= 0.3 is 6.18 Å². The van der Waals surface area contributed by atoms with E-state index >= 15 is 0 Å². The Labute approximate surface area is 157 Å². The number of nitrogens with one attached hydrogen (secondary N) is 2. The van der Waals surface area contributed by atoms with E-state index in [0.29, 0.717) is 30.2 Å². The summed E-state index contributed by atoms with van der Waals surface area (Å²) in [5, 5.41) is 3.19. The molecule has 2 aromatic rings. The van der Waals surface area contributed by atoms with Crippen molar-refractivity contribution in [2.75, 3.05) is 25.6 Å². The van der Waals surface area contributed by atoms with Gasteiger partial charge in [0.1, 0.15) is 0 Å². The third-order valence-corrected chi connectivity index (χ3v) is 4.80. The standard InChI is InChI=1S/C18H18F3N3OS.2H2/c1-11-6-7-12(18(19,20)21)10-14(11)13-4-3-5-15-16(13)23-17(24-26-15)22-8-9-25-2;;/h3-7,10H,8-9H2,1-2H3,(H2,22,23,24);2*1H. The molecule has 142 valence electrons. The van der Waals surface area contributed by atoms with Crippen molar-refractivity contribution in [1.29, 1.82) is 0 Å². The van der Waals surface area contributed by atoms with Gasteiger partial charge in [0.05, 0.1) is 29.3 Å². The summed E-state index contributed by atoms with van der Waals surface area (Å²) < 4.78 is 47.4. The van der Waals surface area contributed by atoms with Crippen LogP contribution in [0.25, 0.3) is 11.1 Å². The number of methoxy groups -OCH3 is 1. The van der Waals surface area contributed by atoms with Crippen molar-refractivity contribution in [3.05, 3.63) is 47.5 Å². The lowest BCUT2D eigenvalue weighted by atomic mass is 9.96. The number of fused-ring (bicyclic) bond motifs is 1. The van der Waals surface area contributed by atoms with E-state index < -0.39 is 11.7 Å². The maximum Gasteiger partial charge on any atom is 0.416 e. The quantitative estimate of drug-likeness (QED) is 0.561. The minimum absolute atomic E-state index is 0. The molecule has 0 bridgehead atoms. The van der Waals surface area contributed by atoms with Gasteiger partial charge in [-0.15, -0.1) is 0 Å². The van der Waals surface area contributed by atoms with Gasteiger partial charge in [0.2, 0.25) is 5.96 Å². The number of halogens is 3. The molecule has 0 aromatic heterocycles. The number of para-hydroxylation sites is 1. The monoisotopic (exact) mass is 385 g/mol. The molecule has 4 nitrogen and oxygen atoms in total. The number of benzene rings is 2. The molecule has 0 saturated carbocycles. The van der Waals surface area contributed by atoms with Crippen molar-refractivity contribution in [3.63, 3.8) is 0 Å². The van der Waals surface area contributed by atoms with Crippen LogP contribution in [0.1, 0.15) is 14.0 Å². The van der Waals surface area contributed by atoms with Crippen LogP contribution in [-0.2, 0) is 10.9 Å². The Bertz CT molecular complexity index is 847. The van der Waals surface area contributed by atoms with E-state index in [1.54, 1.807) is 14.0 Å². The van der Waals surface area contributed by atoms with Crippen molar-refractivity contribution < 1.29 is 20.8 Å². The first-order valence-electron chi connectivity index (χ1n) is 7.94. The van der Waals surface area contributed by atoms with Crippen LogP contribution >= 0.6 is 11.9 Å². The number of hydrogen-bond acceptors (Lipinski definition) is 3. The fourth-order valence-electron chi connectivity index (χ4n) is 2.63. The second-order valence-corrected chi connectivity index (χ2v) is 6.61. The lowest BCUT2D eigenvalue weighted by Crippen LogP contribution is -2.30. The Morgan fingerprint density at radius 1 is 1.19 bits per heavy atom. The van der Waals surface area contributed by atoms with E-state index in [2.05, 4.69) is 15.0 Å². The molecule has 1 heterocycles. The third-order valence-electron chi connectivity index (χ3n) is 3.95. The van der Waals surface area contributed by atoms with Crippen LogP contribution in [-0.4, -0.2) is 26.2 Å². The van der Waals surface area contributed by atoms with E-state index in [9.17, 15) is 13.2 Å². The molecule has 1 aliphatic rings. The fraction of sp³-hybridized carbons (Fsp3) is 0.278. The summed E-state index contributed by atoms with van der Waals surface area (Å²) in [5.74, 6) is 0.552. The minimum atomic E-state index is -4.38. The molecule has 3 rings (SSSR count). The van der Waals surface area contributed by atoms with Gasteiger partial charge < -0.3 is 10.1 Å². The maximum absolute atomic E-state index is 13.1. The van der Waals surface area contributed by atoms with Crippen molar-refractivity contribution >= 4 is 23.6 Å². The third kappa shape index (κ3) is 3.96. The highest BCUT2D eigenvalue weighted by Crippen LogP contribution is 2.41. The van der Waals surface area contributed by atoms with E-state index in [1.807, 2.05) is 18.2 Å². The zero-order chi connectivity index (χ0) is 18.7. The van der Waals surface area contributed by atoms with Crippen LogP contribution in [0.5, 0.6) is 0 Å². The van der Waals surface area contributed by atoms with Crippen molar-refractivity contribution in [3.8, 4) is 11.1 Å². The van der Waals surface area contributed by atoms with Gasteiger partial charge in [0.15, 0.2) is 0 Å². The molecule has 26 heavy (non-hydrogen) atoms. The second kappa shape index (κ2) is 7.59. The summed E-state index contributed by atoms with van der Waals surface area (Å²) >= 11 is 1.37. The van der Waals surface area contributed by atoms with E-state index in [1.165, 1.54) is 24.1 Å². The number of anilines is 1. The smallest absolute Gasteiger partial charge is 0.383 e. The van der Waals surface area contributed by atoms with Gasteiger partial charge in [-0.05, 0) is 48.2 Å². The molecular weight excluding hydrogens is 363 g/mol. The molecule has 1 aliphatic heterocycles. The summed E-state index contributed by atoms with van der Waals surface area (Å²) in [4.78, 5) is 5.25. The number of guanidine groups is 1. The van der Waals surface area contributed by atoms with Gasteiger partial charge in [-0.25, -0.2) is 4.99 Å². The van der Waals surface area contributed by atoms with Gasteiger partial charge in [-0.1, -0.05) is 18.2 Å². The average molecular weight is 385 g/mol. The van der Waals surface area contributed by atoms with E-state index in [4.69, 9.17) is 4.74 Å². The largest absolute Gasteiger partial charge is 0.416 e. The van der Waals surface area contributed by atoms with Gasteiger partial charge in [-0.3, -0.25) is 4.72 Å². The number of ether oxygens (including phenoxy) is 1. The number of rotatable bonds is 4. The molecule has 0 atom stereocenters. The Morgan fingerprint density at radius 3 is 2.73 bits per heavy atom. The van der Waals surface area contributed by atoms with Crippen molar-refractivity contribution in [2.24, 2.45) is 4.99 Å². The summed E-state index contributed by atoms with van der Waals surface area (Å²) in [6.07, 6.45) is -4.38. The van der Waals surface area contributed by atoms with E-state index in [0.717, 1.165) is 22.2 Å². The number of hydrogen-bond donors (Lipinski definition) is 2. The number of alkyl halides is 3. The Balaban J connectivity index is 0.00000196. The predicted molar refractivity (Wildman–Crippen MR) is 103 cm³/mol. The van der Waals surface area contributed by atoms with Crippen LogP contribution in [0.2, 0.25) is 0 Å². The molecule has 8 heteroatoms. The molecule has 0 spiro atoms. The molecule has 0 radical (unpaired) electrons. The lowest BCUT2D eigenvalue weighted by molar-refractivity contribution is -0.137. The molecule has 2 aromatic carbocycles. The normalized spacial score (nSPS) is 15.3. The van der Waals surface area contributed by atoms with Crippen LogP contribution in [0.4, 0.5) is 18.9 Å².